The molecule has 0 saturated heterocycles. The number of ketones is 2. The van der Waals surface area contributed by atoms with Crippen LogP contribution in [0, 0.1) is 0 Å². The van der Waals surface area contributed by atoms with Gasteiger partial charge in [-0.15, -0.1) is 0 Å². The van der Waals surface area contributed by atoms with Crippen LogP contribution in [0.5, 0.6) is 0 Å². The van der Waals surface area contributed by atoms with Gasteiger partial charge in [-0.3, -0.25) is 9.59 Å². The van der Waals surface area contributed by atoms with E-state index in [1.54, 1.807) is 24.3 Å². The van der Waals surface area contributed by atoms with Crippen molar-refractivity contribution in [2.24, 2.45) is 0 Å². The molecule has 0 aromatic heterocycles. The number of carbonyl (C=O) groups is 2. The highest BCUT2D eigenvalue weighted by molar-refractivity contribution is 6.31. The van der Waals surface area contributed by atoms with Gasteiger partial charge >= 0.3 is 0 Å². The molecule has 0 heterocycles. The molecule has 0 aliphatic heterocycles. The van der Waals surface area contributed by atoms with Gasteiger partial charge in [0.25, 0.3) is 0 Å². The Morgan fingerprint density at radius 2 is 2.11 bits per heavy atom. The van der Waals surface area contributed by atoms with E-state index in [1.807, 2.05) is 0 Å². The minimum Gasteiger partial charge on any atom is -0.512 e. The van der Waals surface area contributed by atoms with Gasteiger partial charge in [-0.05, 0) is 18.6 Å². The molecule has 1 aromatic carbocycles. The van der Waals surface area contributed by atoms with Gasteiger partial charge in [0.15, 0.2) is 11.6 Å². The molecule has 1 N–H and O–H groups in total. The van der Waals surface area contributed by atoms with Crippen molar-refractivity contribution in [2.45, 2.75) is 25.7 Å². The highest BCUT2D eigenvalue weighted by Crippen LogP contribution is 2.24. The second-order valence-electron chi connectivity index (χ2n) is 4.31. The lowest BCUT2D eigenvalue weighted by Crippen LogP contribution is -2.15. The molecule has 0 atom stereocenters. The lowest BCUT2D eigenvalue weighted by atomic mass is 9.91. The van der Waals surface area contributed by atoms with Crippen molar-refractivity contribution >= 4 is 23.2 Å². The van der Waals surface area contributed by atoms with Gasteiger partial charge in [0.05, 0.1) is 5.76 Å². The number of benzene rings is 1. The Balaban J connectivity index is 2.19. The highest BCUT2D eigenvalue weighted by atomic mass is 35.5. The predicted octanol–water partition coefficient (Wildman–Crippen LogP) is 3.48. The third-order valence-electron chi connectivity index (χ3n) is 2.99. The molecule has 0 saturated carbocycles. The van der Waals surface area contributed by atoms with Crippen LogP contribution in [0.1, 0.15) is 36.0 Å². The van der Waals surface area contributed by atoms with Gasteiger partial charge in [-0.2, -0.15) is 0 Å². The molecule has 1 aliphatic carbocycles. The fraction of sp³-hybridized carbons (Fsp3) is 0.286. The van der Waals surface area contributed by atoms with Gasteiger partial charge in [0, 0.05) is 35.4 Å². The molecule has 2 rings (SSSR count). The van der Waals surface area contributed by atoms with Gasteiger partial charge in [0.2, 0.25) is 0 Å². The summed E-state index contributed by atoms with van der Waals surface area (Å²) in [7, 11) is 0. The van der Waals surface area contributed by atoms with Gasteiger partial charge < -0.3 is 5.11 Å². The summed E-state index contributed by atoms with van der Waals surface area (Å²) in [4.78, 5) is 23.6. The summed E-state index contributed by atoms with van der Waals surface area (Å²) in [6.07, 6.45) is 1.48. The number of carbonyl (C=O) groups excluding carboxylic acids is 2. The largest absolute Gasteiger partial charge is 0.512 e. The summed E-state index contributed by atoms with van der Waals surface area (Å²) in [5.41, 5.74) is 0.715. The van der Waals surface area contributed by atoms with Crippen LogP contribution in [0.15, 0.2) is 35.6 Å². The number of halogens is 1. The van der Waals surface area contributed by atoms with Gasteiger partial charge in [0.1, 0.15) is 0 Å². The van der Waals surface area contributed by atoms with Gasteiger partial charge in [-0.25, -0.2) is 0 Å². The zero-order chi connectivity index (χ0) is 13.1. The number of aliphatic hydroxyl groups excluding tert-OH is 1. The maximum absolute atomic E-state index is 12.0. The second kappa shape index (κ2) is 5.36. The molecule has 94 valence electrons. The van der Waals surface area contributed by atoms with Crippen molar-refractivity contribution in [1.82, 2.24) is 0 Å². The smallest absolute Gasteiger partial charge is 0.167 e. The first-order valence-electron chi connectivity index (χ1n) is 5.81. The average molecular weight is 265 g/mol. The number of rotatable bonds is 3. The monoisotopic (exact) mass is 264 g/mol. The molecule has 0 bridgehead atoms. The second-order valence-corrected chi connectivity index (χ2v) is 4.75. The summed E-state index contributed by atoms with van der Waals surface area (Å²) in [5, 5.41) is 10.2. The molecule has 0 fully saturated rings. The van der Waals surface area contributed by atoms with E-state index < -0.39 is 0 Å². The Morgan fingerprint density at radius 1 is 1.33 bits per heavy atom. The molecule has 3 nitrogen and oxygen atoms in total. The first-order valence-corrected chi connectivity index (χ1v) is 6.18. The van der Waals surface area contributed by atoms with Gasteiger partial charge in [-0.1, -0.05) is 23.7 Å². The third-order valence-corrected chi connectivity index (χ3v) is 3.22. The first kappa shape index (κ1) is 12.8. The molecule has 1 aliphatic rings. The molecule has 4 heteroatoms. The predicted molar refractivity (Wildman–Crippen MR) is 68.9 cm³/mol. The van der Waals surface area contributed by atoms with Crippen molar-refractivity contribution < 1.29 is 14.7 Å². The molecule has 0 amide bonds. The van der Waals surface area contributed by atoms with Crippen LogP contribution in [-0.4, -0.2) is 16.7 Å². The highest BCUT2D eigenvalue weighted by Gasteiger charge is 2.22. The standard InChI is InChI=1S/C14H13ClO3/c15-10-4-1-3-9(7-10)14(18)8-11-12(16)5-2-6-13(11)17/h1,3-4,7,16H,2,5-6,8H2. The Kier molecular flexibility index (Phi) is 3.82. The fourth-order valence-corrected chi connectivity index (χ4v) is 2.19. The number of Topliss-reactive ketones (excluding diaryl/α,β-unsaturated/α-hetero) is 2. The lowest BCUT2D eigenvalue weighted by molar-refractivity contribution is -0.116. The summed E-state index contributed by atoms with van der Waals surface area (Å²) >= 11 is 5.81. The van der Waals surface area contributed by atoms with Crippen LogP contribution >= 0.6 is 11.6 Å². The van der Waals surface area contributed by atoms with Crippen molar-refractivity contribution in [3.63, 3.8) is 0 Å². The van der Waals surface area contributed by atoms with Crippen LogP contribution in [0.25, 0.3) is 0 Å². The maximum atomic E-state index is 12.0. The lowest BCUT2D eigenvalue weighted by Gasteiger charge is -2.14. The molecule has 0 radical (unpaired) electrons. The zero-order valence-corrected chi connectivity index (χ0v) is 10.5. The van der Waals surface area contributed by atoms with E-state index in [1.165, 1.54) is 0 Å². The topological polar surface area (TPSA) is 54.4 Å². The summed E-state index contributed by atoms with van der Waals surface area (Å²) in [6.45, 7) is 0. The number of allylic oxidation sites excluding steroid dienone is 2. The number of hydrogen-bond donors (Lipinski definition) is 1. The van der Waals surface area contributed by atoms with Crippen LogP contribution in [-0.2, 0) is 4.79 Å². The van der Waals surface area contributed by atoms with Crippen LogP contribution in [0.2, 0.25) is 5.02 Å². The summed E-state index contributed by atoms with van der Waals surface area (Å²) < 4.78 is 0. The Morgan fingerprint density at radius 3 is 2.78 bits per heavy atom. The van der Waals surface area contributed by atoms with Crippen LogP contribution in [0.3, 0.4) is 0 Å². The first-order chi connectivity index (χ1) is 8.58. The van der Waals surface area contributed by atoms with E-state index in [4.69, 9.17) is 11.6 Å². The Labute approximate surface area is 110 Å². The summed E-state index contributed by atoms with van der Waals surface area (Å²) in [5.74, 6) is -0.273. The van der Waals surface area contributed by atoms with Crippen LogP contribution < -0.4 is 0 Å². The normalized spacial score (nSPS) is 15.9. The minimum atomic E-state index is -0.200. The Bertz CT molecular complexity index is 532. The third kappa shape index (κ3) is 2.79. The maximum Gasteiger partial charge on any atom is 0.167 e. The van der Waals surface area contributed by atoms with Crippen LogP contribution in [0.4, 0.5) is 0 Å². The van der Waals surface area contributed by atoms with E-state index in [2.05, 4.69) is 0 Å². The van der Waals surface area contributed by atoms with Crippen molar-refractivity contribution in [3.05, 3.63) is 46.2 Å². The van der Waals surface area contributed by atoms with E-state index in [-0.39, 0.29) is 29.3 Å². The number of hydrogen-bond acceptors (Lipinski definition) is 3. The van der Waals surface area contributed by atoms with Crippen molar-refractivity contribution in [2.75, 3.05) is 0 Å². The SMILES string of the molecule is O=C1CCCC(O)=C1CC(=O)c1cccc(Cl)c1. The van der Waals surface area contributed by atoms with Crippen molar-refractivity contribution in [3.8, 4) is 0 Å². The molecule has 0 spiro atoms. The minimum absolute atomic E-state index is 0.0506. The quantitative estimate of drug-likeness (QED) is 0.851. The molecule has 0 unspecified atom stereocenters. The molecular formula is C14H13ClO3. The molecular weight excluding hydrogens is 252 g/mol. The summed E-state index contributed by atoms with van der Waals surface area (Å²) in [6, 6.07) is 6.58. The van der Waals surface area contributed by atoms with E-state index in [0.29, 0.717) is 29.8 Å². The Hall–Kier alpha value is -1.61. The van der Waals surface area contributed by atoms with E-state index in [9.17, 15) is 14.7 Å². The van der Waals surface area contributed by atoms with Crippen molar-refractivity contribution in [1.29, 1.82) is 0 Å². The zero-order valence-electron chi connectivity index (χ0n) is 9.78. The molecule has 1 aromatic rings. The number of aliphatic hydroxyl groups is 1. The van der Waals surface area contributed by atoms with E-state index in [0.717, 1.165) is 0 Å². The fourth-order valence-electron chi connectivity index (χ4n) is 2.00. The average Bonchev–Trinajstić information content (AvgIpc) is 2.34. The van der Waals surface area contributed by atoms with E-state index >= 15 is 0 Å². The molecule has 18 heavy (non-hydrogen) atoms.